The Morgan fingerprint density at radius 3 is 3.12 bits per heavy atom. The van der Waals surface area contributed by atoms with Gasteiger partial charge in [0.15, 0.2) is 0 Å². The number of hydrogen-bond acceptors (Lipinski definition) is 4. The molecule has 2 N–H and O–H groups in total. The minimum atomic E-state index is -0.0224. The Bertz CT molecular complexity index is 349. The number of hydrogen-bond donors (Lipinski definition) is 2. The second kappa shape index (κ2) is 7.14. The van der Waals surface area contributed by atoms with Gasteiger partial charge in [-0.25, -0.2) is 4.98 Å². The predicted molar refractivity (Wildman–Crippen MR) is 66.4 cm³/mol. The topological polar surface area (TPSA) is 54.0 Å². The van der Waals surface area contributed by atoms with Crippen molar-refractivity contribution in [1.29, 1.82) is 0 Å². The molecule has 0 saturated heterocycles. The third-order valence-electron chi connectivity index (χ3n) is 1.94. The van der Waals surface area contributed by atoms with Gasteiger partial charge in [0, 0.05) is 18.5 Å². The van der Waals surface area contributed by atoms with Crippen molar-refractivity contribution >= 4 is 17.2 Å². The van der Waals surface area contributed by atoms with Crippen molar-refractivity contribution in [1.82, 2.24) is 15.6 Å². The summed E-state index contributed by atoms with van der Waals surface area (Å²) in [5.74, 6) is -0.0224. The minimum absolute atomic E-state index is 0.0224. The highest BCUT2D eigenvalue weighted by Gasteiger charge is 2.01. The first-order valence-electron chi connectivity index (χ1n) is 5.27. The van der Waals surface area contributed by atoms with E-state index >= 15 is 0 Å². The van der Waals surface area contributed by atoms with Gasteiger partial charge in [-0.2, -0.15) is 0 Å². The van der Waals surface area contributed by atoms with Gasteiger partial charge in [0.2, 0.25) is 5.91 Å². The summed E-state index contributed by atoms with van der Waals surface area (Å²) in [5, 5.41) is 8.90. The van der Waals surface area contributed by atoms with E-state index in [0.29, 0.717) is 19.6 Å². The van der Waals surface area contributed by atoms with E-state index in [0.717, 1.165) is 17.1 Å². The Labute approximate surface area is 99.8 Å². The second-order valence-electron chi connectivity index (χ2n) is 3.28. The predicted octanol–water partition coefficient (Wildman–Crippen LogP) is 1.10. The number of nitrogens with zero attached hydrogens (tertiary/aromatic N) is 1. The molecule has 0 bridgehead atoms. The van der Waals surface area contributed by atoms with Crippen LogP contribution in [0.25, 0.3) is 0 Å². The van der Waals surface area contributed by atoms with Crippen LogP contribution in [-0.2, 0) is 17.8 Å². The highest BCUT2D eigenvalue weighted by Crippen LogP contribution is 2.09. The quantitative estimate of drug-likeness (QED) is 0.701. The Hall–Kier alpha value is -1.20. The Morgan fingerprint density at radius 2 is 2.50 bits per heavy atom. The molecule has 0 aromatic carbocycles. The van der Waals surface area contributed by atoms with Gasteiger partial charge in [-0.3, -0.25) is 4.79 Å². The molecule has 5 heteroatoms. The molecule has 0 aliphatic heterocycles. The molecule has 16 heavy (non-hydrogen) atoms. The molecule has 1 heterocycles. The van der Waals surface area contributed by atoms with Crippen LogP contribution in [0.3, 0.4) is 0 Å². The number of aryl methyl sites for hydroxylation is 1. The number of aromatic nitrogens is 1. The zero-order valence-electron chi connectivity index (χ0n) is 9.45. The minimum Gasteiger partial charge on any atom is -0.352 e. The van der Waals surface area contributed by atoms with Crippen molar-refractivity contribution in [2.75, 3.05) is 13.1 Å². The number of carbonyl (C=O) groups is 1. The van der Waals surface area contributed by atoms with Crippen LogP contribution in [0.4, 0.5) is 0 Å². The summed E-state index contributed by atoms with van der Waals surface area (Å²) < 4.78 is 0. The molecular weight excluding hydrogens is 222 g/mol. The first-order valence-corrected chi connectivity index (χ1v) is 6.15. The van der Waals surface area contributed by atoms with E-state index in [1.807, 2.05) is 5.38 Å². The number of rotatable bonds is 7. The van der Waals surface area contributed by atoms with E-state index in [9.17, 15) is 4.79 Å². The third-order valence-corrected chi connectivity index (χ3v) is 2.98. The normalized spacial score (nSPS) is 10.1. The summed E-state index contributed by atoms with van der Waals surface area (Å²) in [4.78, 5) is 15.6. The van der Waals surface area contributed by atoms with Gasteiger partial charge in [-0.15, -0.1) is 17.9 Å². The monoisotopic (exact) mass is 239 g/mol. The lowest BCUT2D eigenvalue weighted by Gasteiger charge is -2.02. The molecular formula is C11H17N3OS. The molecule has 0 aliphatic carbocycles. The van der Waals surface area contributed by atoms with Gasteiger partial charge in [-0.05, 0) is 6.42 Å². The zero-order chi connectivity index (χ0) is 11.8. The third kappa shape index (κ3) is 4.55. The maximum Gasteiger partial charge on any atom is 0.234 e. The molecule has 1 rings (SSSR count). The highest BCUT2D eigenvalue weighted by atomic mass is 32.1. The van der Waals surface area contributed by atoms with Crippen LogP contribution < -0.4 is 10.6 Å². The van der Waals surface area contributed by atoms with Crippen molar-refractivity contribution in [2.24, 2.45) is 0 Å². The Kier molecular flexibility index (Phi) is 5.74. The van der Waals surface area contributed by atoms with Crippen LogP contribution in [0, 0.1) is 0 Å². The van der Waals surface area contributed by atoms with Crippen LogP contribution in [0.5, 0.6) is 0 Å². The van der Waals surface area contributed by atoms with E-state index in [-0.39, 0.29) is 5.91 Å². The molecule has 0 saturated carbocycles. The zero-order valence-corrected chi connectivity index (χ0v) is 10.3. The molecule has 0 fully saturated rings. The maximum absolute atomic E-state index is 11.2. The Balaban J connectivity index is 2.19. The number of thiazole rings is 1. The molecule has 0 unspecified atom stereocenters. The molecule has 4 nitrogen and oxygen atoms in total. The van der Waals surface area contributed by atoms with Crippen molar-refractivity contribution < 1.29 is 4.79 Å². The van der Waals surface area contributed by atoms with Crippen LogP contribution in [0.2, 0.25) is 0 Å². The standard InChI is InChI=1S/C11H17N3OS/c1-3-5-13-10(15)7-12-6-9-8-16-11(4-2)14-9/h3,8,12H,1,4-7H2,2H3,(H,13,15). The summed E-state index contributed by atoms with van der Waals surface area (Å²) in [6.07, 6.45) is 2.62. The fourth-order valence-corrected chi connectivity index (χ4v) is 1.89. The molecule has 1 amide bonds. The average molecular weight is 239 g/mol. The fraction of sp³-hybridized carbons (Fsp3) is 0.455. The van der Waals surface area contributed by atoms with Crippen LogP contribution in [0.1, 0.15) is 17.6 Å². The first kappa shape index (κ1) is 12.9. The van der Waals surface area contributed by atoms with Gasteiger partial charge in [-0.1, -0.05) is 13.0 Å². The van der Waals surface area contributed by atoms with Crippen molar-refractivity contribution in [3.05, 3.63) is 28.7 Å². The first-order chi connectivity index (χ1) is 7.76. The van der Waals surface area contributed by atoms with Crippen LogP contribution >= 0.6 is 11.3 Å². The second-order valence-corrected chi connectivity index (χ2v) is 4.23. The van der Waals surface area contributed by atoms with Crippen molar-refractivity contribution in [3.63, 3.8) is 0 Å². The van der Waals surface area contributed by atoms with Crippen molar-refractivity contribution in [3.8, 4) is 0 Å². The van der Waals surface area contributed by atoms with Gasteiger partial charge < -0.3 is 10.6 Å². The lowest BCUT2D eigenvalue weighted by atomic mass is 10.4. The van der Waals surface area contributed by atoms with E-state index < -0.39 is 0 Å². The van der Waals surface area contributed by atoms with Crippen molar-refractivity contribution in [2.45, 2.75) is 19.9 Å². The summed E-state index contributed by atoms with van der Waals surface area (Å²) in [5.41, 5.74) is 0.998. The number of amides is 1. The molecule has 0 spiro atoms. The summed E-state index contributed by atoms with van der Waals surface area (Å²) in [6.45, 7) is 7.07. The highest BCUT2D eigenvalue weighted by molar-refractivity contribution is 7.09. The van der Waals surface area contributed by atoms with Gasteiger partial charge in [0.25, 0.3) is 0 Å². The van der Waals surface area contributed by atoms with E-state index in [1.165, 1.54) is 0 Å². The van der Waals surface area contributed by atoms with Crippen LogP contribution in [-0.4, -0.2) is 24.0 Å². The lowest BCUT2D eigenvalue weighted by molar-refractivity contribution is -0.120. The number of carbonyl (C=O) groups excluding carboxylic acids is 1. The molecule has 88 valence electrons. The average Bonchev–Trinajstić information content (AvgIpc) is 2.74. The maximum atomic E-state index is 11.2. The number of nitrogens with one attached hydrogen (secondary N) is 2. The summed E-state index contributed by atoms with van der Waals surface area (Å²) in [6, 6.07) is 0. The smallest absolute Gasteiger partial charge is 0.234 e. The van der Waals surface area contributed by atoms with E-state index in [4.69, 9.17) is 0 Å². The van der Waals surface area contributed by atoms with E-state index in [2.05, 4.69) is 29.1 Å². The molecule has 0 atom stereocenters. The molecule has 1 aromatic heterocycles. The van der Waals surface area contributed by atoms with Gasteiger partial charge >= 0.3 is 0 Å². The largest absolute Gasteiger partial charge is 0.352 e. The molecule has 0 radical (unpaired) electrons. The summed E-state index contributed by atoms with van der Waals surface area (Å²) in [7, 11) is 0. The molecule has 0 aliphatic rings. The lowest BCUT2D eigenvalue weighted by Crippen LogP contribution is -2.33. The fourth-order valence-electron chi connectivity index (χ4n) is 1.15. The molecule has 1 aromatic rings. The van der Waals surface area contributed by atoms with Gasteiger partial charge in [0.05, 0.1) is 17.2 Å². The Morgan fingerprint density at radius 1 is 1.69 bits per heavy atom. The van der Waals surface area contributed by atoms with Gasteiger partial charge in [0.1, 0.15) is 0 Å². The SMILES string of the molecule is C=CCNC(=O)CNCc1csc(CC)n1. The van der Waals surface area contributed by atoms with E-state index in [1.54, 1.807) is 17.4 Å². The summed E-state index contributed by atoms with van der Waals surface area (Å²) >= 11 is 1.66. The van der Waals surface area contributed by atoms with Crippen LogP contribution in [0.15, 0.2) is 18.0 Å².